The standard InChI is InChI=1S/C12H15ClFN/c1-3-8-4-5-15(2)12-10(8)6-9(13)7-11(12)14/h6-8H,3-5H2,1-2H3. The van der Waals surface area contributed by atoms with Crippen molar-refractivity contribution in [1.29, 1.82) is 0 Å². The molecule has 1 aliphatic heterocycles. The first-order chi connectivity index (χ1) is 7.13. The van der Waals surface area contributed by atoms with Crippen molar-refractivity contribution in [2.75, 3.05) is 18.5 Å². The molecule has 1 aliphatic rings. The number of rotatable bonds is 1. The summed E-state index contributed by atoms with van der Waals surface area (Å²) in [6, 6.07) is 3.30. The van der Waals surface area contributed by atoms with Gasteiger partial charge < -0.3 is 4.90 Å². The largest absolute Gasteiger partial charge is 0.372 e. The zero-order valence-corrected chi connectivity index (χ0v) is 9.81. The van der Waals surface area contributed by atoms with Gasteiger partial charge in [-0.25, -0.2) is 4.39 Å². The highest BCUT2D eigenvalue weighted by atomic mass is 35.5. The van der Waals surface area contributed by atoms with Crippen LogP contribution in [0.3, 0.4) is 0 Å². The Morgan fingerprint density at radius 3 is 2.93 bits per heavy atom. The second-order valence-corrected chi connectivity index (χ2v) is 4.58. The van der Waals surface area contributed by atoms with Crippen molar-refractivity contribution in [2.45, 2.75) is 25.7 Å². The van der Waals surface area contributed by atoms with Gasteiger partial charge in [0.1, 0.15) is 5.82 Å². The fraction of sp³-hybridized carbons (Fsp3) is 0.500. The molecular formula is C12H15ClFN. The smallest absolute Gasteiger partial charge is 0.148 e. The SMILES string of the molecule is CCC1CCN(C)c2c(F)cc(Cl)cc21. The van der Waals surface area contributed by atoms with Crippen LogP contribution >= 0.6 is 11.6 Å². The van der Waals surface area contributed by atoms with Crippen LogP contribution in [-0.2, 0) is 0 Å². The molecular weight excluding hydrogens is 213 g/mol. The van der Waals surface area contributed by atoms with Gasteiger partial charge >= 0.3 is 0 Å². The second-order valence-electron chi connectivity index (χ2n) is 4.14. The van der Waals surface area contributed by atoms with Crippen molar-refractivity contribution in [3.8, 4) is 0 Å². The molecule has 0 radical (unpaired) electrons. The molecule has 3 heteroatoms. The summed E-state index contributed by atoms with van der Waals surface area (Å²) in [7, 11) is 1.93. The molecule has 0 bridgehead atoms. The first-order valence-electron chi connectivity index (χ1n) is 5.33. The Morgan fingerprint density at radius 2 is 2.27 bits per heavy atom. The van der Waals surface area contributed by atoms with E-state index < -0.39 is 0 Å². The highest BCUT2D eigenvalue weighted by Crippen LogP contribution is 2.39. The molecule has 0 aliphatic carbocycles. The second kappa shape index (κ2) is 4.01. The molecule has 1 heterocycles. The number of anilines is 1. The minimum atomic E-state index is -0.196. The van der Waals surface area contributed by atoms with Gasteiger partial charge in [0.05, 0.1) is 5.69 Å². The van der Waals surface area contributed by atoms with E-state index in [-0.39, 0.29) is 5.82 Å². The summed E-state index contributed by atoms with van der Waals surface area (Å²) in [6.45, 7) is 3.06. The van der Waals surface area contributed by atoms with E-state index in [1.54, 1.807) is 0 Å². The summed E-state index contributed by atoms with van der Waals surface area (Å²) < 4.78 is 13.8. The minimum absolute atomic E-state index is 0.196. The van der Waals surface area contributed by atoms with Crippen molar-refractivity contribution >= 4 is 17.3 Å². The summed E-state index contributed by atoms with van der Waals surface area (Å²) in [5, 5.41) is 0.500. The van der Waals surface area contributed by atoms with E-state index in [9.17, 15) is 4.39 Å². The highest BCUT2D eigenvalue weighted by Gasteiger charge is 2.25. The number of hydrogen-bond acceptors (Lipinski definition) is 1. The monoisotopic (exact) mass is 227 g/mol. The van der Waals surface area contributed by atoms with Crippen LogP contribution in [0.5, 0.6) is 0 Å². The van der Waals surface area contributed by atoms with Gasteiger partial charge in [-0.2, -0.15) is 0 Å². The molecule has 15 heavy (non-hydrogen) atoms. The van der Waals surface area contributed by atoms with Crippen LogP contribution in [0.4, 0.5) is 10.1 Å². The summed E-state index contributed by atoms with van der Waals surface area (Å²) >= 11 is 5.89. The Labute approximate surface area is 94.8 Å². The van der Waals surface area contributed by atoms with Crippen molar-refractivity contribution < 1.29 is 4.39 Å². The van der Waals surface area contributed by atoms with Crippen molar-refractivity contribution in [3.63, 3.8) is 0 Å². The molecule has 1 atom stereocenters. The average molecular weight is 228 g/mol. The number of nitrogens with zero attached hydrogens (tertiary/aromatic N) is 1. The quantitative estimate of drug-likeness (QED) is 0.705. The van der Waals surface area contributed by atoms with Gasteiger partial charge in [0.15, 0.2) is 0 Å². The predicted octanol–water partition coefficient (Wildman–Crippen LogP) is 3.81. The molecule has 0 fully saturated rings. The van der Waals surface area contributed by atoms with Crippen LogP contribution in [0.2, 0.25) is 5.02 Å². The van der Waals surface area contributed by atoms with Gasteiger partial charge in [-0.3, -0.25) is 0 Å². The van der Waals surface area contributed by atoms with Gasteiger partial charge in [-0.15, -0.1) is 0 Å². The summed E-state index contributed by atoms with van der Waals surface area (Å²) in [5.41, 5.74) is 1.80. The molecule has 0 aromatic heterocycles. The molecule has 1 aromatic rings. The highest BCUT2D eigenvalue weighted by molar-refractivity contribution is 6.30. The maximum atomic E-state index is 13.8. The van der Waals surface area contributed by atoms with E-state index >= 15 is 0 Å². The van der Waals surface area contributed by atoms with Crippen LogP contribution in [-0.4, -0.2) is 13.6 Å². The molecule has 0 saturated carbocycles. The van der Waals surface area contributed by atoms with E-state index in [2.05, 4.69) is 6.92 Å². The lowest BCUT2D eigenvalue weighted by molar-refractivity contribution is 0.551. The Morgan fingerprint density at radius 1 is 1.53 bits per heavy atom. The van der Waals surface area contributed by atoms with Crippen LogP contribution in [0.15, 0.2) is 12.1 Å². The Hall–Kier alpha value is -0.760. The van der Waals surface area contributed by atoms with Crippen LogP contribution < -0.4 is 4.90 Å². The van der Waals surface area contributed by atoms with E-state index in [0.717, 1.165) is 30.6 Å². The van der Waals surface area contributed by atoms with Crippen LogP contribution in [0.25, 0.3) is 0 Å². The van der Waals surface area contributed by atoms with E-state index in [4.69, 9.17) is 11.6 Å². The number of halogens is 2. The van der Waals surface area contributed by atoms with Gasteiger partial charge in [0, 0.05) is 18.6 Å². The molecule has 0 saturated heterocycles. The van der Waals surface area contributed by atoms with Crippen molar-refractivity contribution in [3.05, 3.63) is 28.5 Å². The molecule has 1 nitrogen and oxygen atoms in total. The normalized spacial score (nSPS) is 20.3. The molecule has 0 amide bonds. The molecule has 1 aromatic carbocycles. The zero-order chi connectivity index (χ0) is 11.0. The lowest BCUT2D eigenvalue weighted by Crippen LogP contribution is -2.28. The Kier molecular flexibility index (Phi) is 2.87. The molecule has 82 valence electrons. The molecule has 0 spiro atoms. The van der Waals surface area contributed by atoms with Gasteiger partial charge in [-0.1, -0.05) is 18.5 Å². The summed E-state index contributed by atoms with van der Waals surface area (Å²) in [5.74, 6) is 0.252. The van der Waals surface area contributed by atoms with E-state index in [1.165, 1.54) is 6.07 Å². The molecule has 1 unspecified atom stereocenters. The predicted molar refractivity (Wildman–Crippen MR) is 62.3 cm³/mol. The Bertz CT molecular complexity index is 378. The first-order valence-corrected chi connectivity index (χ1v) is 5.71. The van der Waals surface area contributed by atoms with Crippen LogP contribution in [0.1, 0.15) is 31.2 Å². The van der Waals surface area contributed by atoms with E-state index in [1.807, 2.05) is 18.0 Å². The minimum Gasteiger partial charge on any atom is -0.372 e. The van der Waals surface area contributed by atoms with Gasteiger partial charge in [0.25, 0.3) is 0 Å². The lowest BCUT2D eigenvalue weighted by atomic mass is 9.88. The number of fused-ring (bicyclic) bond motifs is 1. The topological polar surface area (TPSA) is 3.24 Å². The van der Waals surface area contributed by atoms with Crippen molar-refractivity contribution in [2.24, 2.45) is 0 Å². The number of hydrogen-bond donors (Lipinski definition) is 0. The molecule has 0 N–H and O–H groups in total. The summed E-state index contributed by atoms with van der Waals surface area (Å²) in [4.78, 5) is 1.98. The third-order valence-corrected chi connectivity index (χ3v) is 3.40. The average Bonchev–Trinajstić information content (AvgIpc) is 2.17. The number of benzene rings is 1. The van der Waals surface area contributed by atoms with E-state index in [0.29, 0.717) is 10.9 Å². The zero-order valence-electron chi connectivity index (χ0n) is 9.06. The van der Waals surface area contributed by atoms with Crippen LogP contribution in [0, 0.1) is 5.82 Å². The first kappa shape index (κ1) is 10.7. The van der Waals surface area contributed by atoms with Gasteiger partial charge in [-0.05, 0) is 36.5 Å². The fourth-order valence-corrected chi connectivity index (χ4v) is 2.55. The molecule has 2 rings (SSSR count). The summed E-state index contributed by atoms with van der Waals surface area (Å²) in [6.07, 6.45) is 2.13. The van der Waals surface area contributed by atoms with Crippen molar-refractivity contribution in [1.82, 2.24) is 0 Å². The Balaban J connectivity index is 2.56. The third-order valence-electron chi connectivity index (χ3n) is 3.18. The fourth-order valence-electron chi connectivity index (χ4n) is 2.34. The van der Waals surface area contributed by atoms with Gasteiger partial charge in [0.2, 0.25) is 0 Å². The lowest BCUT2D eigenvalue weighted by Gasteiger charge is -2.33. The maximum Gasteiger partial charge on any atom is 0.148 e. The maximum absolute atomic E-state index is 13.8. The third kappa shape index (κ3) is 1.83.